The second kappa shape index (κ2) is 17.5. The number of methoxy groups -OCH3 is 1. The van der Waals surface area contributed by atoms with Crippen molar-refractivity contribution in [3.05, 3.63) is 95.5 Å². The van der Waals surface area contributed by atoms with Gasteiger partial charge in [0.1, 0.15) is 23.3 Å². The number of amides is 3. The Kier molecular flexibility index (Phi) is 12.6. The first-order chi connectivity index (χ1) is 27.5. The Morgan fingerprint density at radius 2 is 1.52 bits per heavy atom. The van der Waals surface area contributed by atoms with E-state index in [0.717, 1.165) is 71.0 Å². The van der Waals surface area contributed by atoms with Crippen molar-refractivity contribution in [1.82, 2.24) is 35.1 Å². The smallest absolute Gasteiger partial charge is 0.410 e. The van der Waals surface area contributed by atoms with Crippen LogP contribution in [0.3, 0.4) is 0 Å². The van der Waals surface area contributed by atoms with E-state index in [4.69, 9.17) is 14.5 Å². The molecule has 0 aliphatic carbocycles. The topological polar surface area (TPSA) is 146 Å². The van der Waals surface area contributed by atoms with Crippen molar-refractivity contribution in [3.63, 3.8) is 0 Å². The van der Waals surface area contributed by atoms with E-state index in [-0.39, 0.29) is 35.4 Å². The van der Waals surface area contributed by atoms with Crippen LogP contribution >= 0.6 is 0 Å². The Morgan fingerprint density at radius 1 is 0.845 bits per heavy atom. The maximum Gasteiger partial charge on any atom is 0.410 e. The van der Waals surface area contributed by atoms with Gasteiger partial charge in [-0.25, -0.2) is 19.6 Å². The first-order valence-electron chi connectivity index (χ1n) is 20.4. The van der Waals surface area contributed by atoms with Crippen molar-refractivity contribution in [2.75, 3.05) is 20.2 Å². The molecule has 2 aliphatic rings. The van der Waals surface area contributed by atoms with Crippen molar-refractivity contribution < 1.29 is 23.9 Å². The van der Waals surface area contributed by atoms with Gasteiger partial charge >= 0.3 is 12.2 Å². The molecular formula is C46H59N7O5. The number of aromatic amines is 2. The zero-order valence-electron chi connectivity index (χ0n) is 35.4. The highest BCUT2D eigenvalue weighted by Gasteiger charge is 2.38. The lowest BCUT2D eigenvalue weighted by Crippen LogP contribution is -2.51. The van der Waals surface area contributed by atoms with Gasteiger partial charge in [0.25, 0.3) is 0 Å². The predicted octanol–water partition coefficient (Wildman–Crippen LogP) is 9.61. The van der Waals surface area contributed by atoms with Gasteiger partial charge in [0, 0.05) is 18.7 Å². The molecule has 12 heteroatoms. The molecule has 0 unspecified atom stereocenters. The zero-order valence-corrected chi connectivity index (χ0v) is 35.4. The van der Waals surface area contributed by atoms with Crippen molar-refractivity contribution in [2.24, 2.45) is 5.92 Å². The van der Waals surface area contributed by atoms with E-state index in [1.807, 2.05) is 63.9 Å². The van der Waals surface area contributed by atoms with E-state index in [1.165, 1.54) is 12.7 Å². The molecule has 2 aromatic heterocycles. The summed E-state index contributed by atoms with van der Waals surface area (Å²) in [6, 6.07) is 14.0. The molecule has 6 rings (SSSR count). The third-order valence-corrected chi connectivity index (χ3v) is 10.7. The Balaban J connectivity index is 1.24. The van der Waals surface area contributed by atoms with Crippen LogP contribution in [0, 0.1) is 5.92 Å². The van der Waals surface area contributed by atoms with Crippen LogP contribution in [-0.4, -0.2) is 79.7 Å². The predicted molar refractivity (Wildman–Crippen MR) is 228 cm³/mol. The van der Waals surface area contributed by atoms with Crippen molar-refractivity contribution >= 4 is 30.2 Å². The molecule has 0 bridgehead atoms. The number of carbonyl (C=O) groups is 3. The molecule has 0 spiro atoms. The van der Waals surface area contributed by atoms with Gasteiger partial charge in [-0.1, -0.05) is 89.2 Å². The molecule has 2 aliphatic heterocycles. The SMILES string of the molecule is COC(=O)N[C@H](C(=O)N1CCC[C@H]1c1ncc(-c2ccc(C=CC=Cc3cnc([C@@H]4CCCN4C(=O)OC(C)(C)C)[nH]3)c(-c3cccc(C(C)(C)C)c3)c2)[nH]1)C(C)C. The highest BCUT2D eigenvalue weighted by Crippen LogP contribution is 2.36. The molecule has 2 aromatic carbocycles. The summed E-state index contributed by atoms with van der Waals surface area (Å²) < 4.78 is 10.4. The maximum absolute atomic E-state index is 13.7. The molecule has 0 radical (unpaired) electrons. The van der Waals surface area contributed by atoms with Crippen molar-refractivity contribution in [1.29, 1.82) is 0 Å². The molecule has 3 atom stereocenters. The Labute approximate surface area is 342 Å². The lowest BCUT2D eigenvalue weighted by Gasteiger charge is -2.30. The van der Waals surface area contributed by atoms with E-state index in [1.54, 1.807) is 11.1 Å². The van der Waals surface area contributed by atoms with Gasteiger partial charge in [0.05, 0.1) is 43.0 Å². The maximum atomic E-state index is 13.7. The largest absolute Gasteiger partial charge is 0.453 e. The summed E-state index contributed by atoms with van der Waals surface area (Å²) >= 11 is 0. The second-order valence-corrected chi connectivity index (χ2v) is 17.6. The Bertz CT molecular complexity index is 2150. The number of imidazole rings is 2. The average Bonchev–Trinajstić information content (AvgIpc) is 4.01. The van der Waals surface area contributed by atoms with Crippen molar-refractivity contribution in [2.45, 2.75) is 110 Å². The summed E-state index contributed by atoms with van der Waals surface area (Å²) in [5, 5.41) is 2.72. The van der Waals surface area contributed by atoms with Crippen molar-refractivity contribution in [3.8, 4) is 22.4 Å². The number of nitrogens with one attached hydrogen (secondary N) is 3. The van der Waals surface area contributed by atoms with Gasteiger partial charge in [-0.05, 0) is 92.2 Å². The van der Waals surface area contributed by atoms with E-state index < -0.39 is 17.7 Å². The molecule has 2 saturated heterocycles. The monoisotopic (exact) mass is 789 g/mol. The van der Waals surface area contributed by atoms with Gasteiger partial charge in [-0.3, -0.25) is 9.69 Å². The van der Waals surface area contributed by atoms with E-state index >= 15 is 0 Å². The number of H-pyrrole nitrogens is 2. The van der Waals surface area contributed by atoms with Gasteiger partial charge in [-0.15, -0.1) is 0 Å². The van der Waals surface area contributed by atoms with Crippen LogP contribution in [-0.2, 0) is 19.7 Å². The van der Waals surface area contributed by atoms with Gasteiger partial charge in [0.2, 0.25) is 5.91 Å². The van der Waals surface area contributed by atoms with Gasteiger partial charge in [0.15, 0.2) is 0 Å². The number of hydrogen-bond donors (Lipinski definition) is 3. The number of ether oxygens (including phenoxy) is 2. The third kappa shape index (κ3) is 9.89. The minimum absolute atomic E-state index is 0.0263. The van der Waals surface area contributed by atoms with Crippen LogP contribution in [0.5, 0.6) is 0 Å². The second-order valence-electron chi connectivity index (χ2n) is 17.6. The third-order valence-electron chi connectivity index (χ3n) is 10.7. The number of likely N-dealkylation sites (tertiary alicyclic amines) is 2. The quantitative estimate of drug-likeness (QED) is 0.136. The highest BCUT2D eigenvalue weighted by molar-refractivity contribution is 5.86. The number of aromatic nitrogens is 4. The molecule has 58 heavy (non-hydrogen) atoms. The van der Waals surface area contributed by atoms with Crippen LogP contribution in [0.2, 0.25) is 0 Å². The van der Waals surface area contributed by atoms with Crippen LogP contribution < -0.4 is 5.32 Å². The molecule has 3 N–H and O–H groups in total. The molecule has 0 saturated carbocycles. The standard InChI is InChI=1S/C46H59N7O5/c1-29(2)39(51-43(55)57-9)42(54)52-23-13-19-37(52)41-48-28-36(50-41)32-22-21-30(35(26-32)31-16-12-17-33(25-31)45(3,4)5)15-10-11-18-34-27-47-40(49-34)38-20-14-24-53(38)44(56)58-46(6,7)8/h10-12,15-18,21-22,25-29,37-39H,13-14,19-20,23-24H2,1-9H3,(H,47,49)(H,48,50)(H,51,55)/t37-,38-,39-/m0/s1. The van der Waals surface area contributed by atoms with E-state index in [0.29, 0.717) is 13.1 Å². The molecule has 2 fully saturated rings. The van der Waals surface area contributed by atoms with Crippen LogP contribution in [0.1, 0.15) is 122 Å². The summed E-state index contributed by atoms with van der Waals surface area (Å²) in [5.41, 5.74) is 6.56. The highest BCUT2D eigenvalue weighted by atomic mass is 16.6. The molecule has 12 nitrogen and oxygen atoms in total. The van der Waals surface area contributed by atoms with Crippen LogP contribution in [0.15, 0.2) is 67.0 Å². The lowest BCUT2D eigenvalue weighted by atomic mass is 9.84. The zero-order chi connectivity index (χ0) is 41.8. The molecule has 308 valence electrons. The number of rotatable bonds is 10. The average molecular weight is 790 g/mol. The number of benzene rings is 2. The summed E-state index contributed by atoms with van der Waals surface area (Å²) in [6.45, 7) is 17.3. The summed E-state index contributed by atoms with van der Waals surface area (Å²) in [5.74, 6) is 1.22. The molecule has 4 heterocycles. The van der Waals surface area contributed by atoms with Gasteiger partial charge < -0.3 is 29.7 Å². The van der Waals surface area contributed by atoms with E-state index in [9.17, 15) is 14.4 Å². The normalized spacial score (nSPS) is 18.1. The molecule has 4 aromatic rings. The first-order valence-corrected chi connectivity index (χ1v) is 20.4. The van der Waals surface area contributed by atoms with Gasteiger partial charge in [-0.2, -0.15) is 0 Å². The number of hydrogen-bond acceptors (Lipinski definition) is 7. The number of carbonyl (C=O) groups excluding carboxylic acids is 3. The lowest BCUT2D eigenvalue weighted by molar-refractivity contribution is -0.135. The minimum Gasteiger partial charge on any atom is -0.453 e. The molecular weight excluding hydrogens is 731 g/mol. The fraction of sp³-hybridized carbons (Fsp3) is 0.457. The fourth-order valence-electron chi connectivity index (χ4n) is 7.63. The number of nitrogens with zero attached hydrogens (tertiary/aromatic N) is 4. The number of allylic oxidation sites excluding steroid dienone is 2. The summed E-state index contributed by atoms with van der Waals surface area (Å²) in [6.07, 6.45) is 14.1. The summed E-state index contributed by atoms with van der Waals surface area (Å²) in [4.78, 5) is 58.6. The van der Waals surface area contributed by atoms with Crippen LogP contribution in [0.4, 0.5) is 9.59 Å². The van der Waals surface area contributed by atoms with E-state index in [2.05, 4.69) is 89.6 Å². The summed E-state index contributed by atoms with van der Waals surface area (Å²) in [7, 11) is 1.30. The van der Waals surface area contributed by atoms with Crippen LogP contribution in [0.25, 0.3) is 34.5 Å². The Hall–Kier alpha value is -5.65. The number of alkyl carbamates (subject to hydrolysis) is 1. The minimum atomic E-state index is -0.699. The molecule has 3 amide bonds. The Morgan fingerprint density at radius 3 is 2.21 bits per heavy atom. The first kappa shape index (κ1) is 42.0. The fourth-order valence-corrected chi connectivity index (χ4v) is 7.63.